The summed E-state index contributed by atoms with van der Waals surface area (Å²) in [5.41, 5.74) is 5.41. The van der Waals surface area contributed by atoms with E-state index in [2.05, 4.69) is 172 Å². The average Bonchev–Trinajstić information content (AvgIpc) is 3.32. The number of benzene rings is 4. The molecule has 0 radical (unpaired) electrons. The van der Waals surface area contributed by atoms with Gasteiger partial charge in [0, 0.05) is 75.1 Å². The Morgan fingerprint density at radius 2 is 0.492 bits per heavy atom. The quantitative estimate of drug-likeness (QED) is 0.0435. The lowest BCUT2D eigenvalue weighted by atomic mass is 10.2. The molecule has 0 aliphatic carbocycles. The molecule has 0 amide bonds. The Morgan fingerprint density at radius 1 is 0.302 bits per heavy atom. The molecule has 0 aromatic heterocycles. The molecular weight excluding hydrogens is 801 g/mol. The van der Waals surface area contributed by atoms with Crippen molar-refractivity contribution in [2.24, 2.45) is 0 Å². The van der Waals surface area contributed by atoms with E-state index in [1.54, 1.807) is 0 Å². The highest BCUT2D eigenvalue weighted by atomic mass is 28.4. The van der Waals surface area contributed by atoms with Gasteiger partial charge in [0.25, 0.3) is 0 Å². The summed E-state index contributed by atoms with van der Waals surface area (Å²) < 4.78 is 8.19. The lowest BCUT2D eigenvalue weighted by Crippen LogP contribution is -2.56. The van der Waals surface area contributed by atoms with Gasteiger partial charge in [-0.2, -0.15) is 0 Å². The minimum atomic E-state index is -2.27. The van der Waals surface area contributed by atoms with Crippen LogP contribution in [-0.2, 0) is 4.12 Å². The zero-order valence-electron chi connectivity index (χ0n) is 41.6. The molecule has 0 aliphatic rings. The highest BCUT2D eigenvalue weighted by Crippen LogP contribution is 2.21. The SMILES string of the molecule is CCCCN(CCCC)c1cccc([SiH](O[SiH](c2cccc(N(CCCC)CCCC)c2)c2cccc(N(CCCC)CCCC)c2)c2cccc(N(CCCC)CCCC)c2)c1. The van der Waals surface area contributed by atoms with Crippen molar-refractivity contribution in [1.29, 1.82) is 0 Å². The number of unbranched alkanes of at least 4 members (excludes halogenated alkanes) is 8. The van der Waals surface area contributed by atoms with Crippen LogP contribution in [0.5, 0.6) is 0 Å². The summed E-state index contributed by atoms with van der Waals surface area (Å²) in [5, 5.41) is 5.56. The van der Waals surface area contributed by atoms with Gasteiger partial charge < -0.3 is 23.7 Å². The fourth-order valence-electron chi connectivity index (χ4n) is 8.65. The van der Waals surface area contributed by atoms with Crippen molar-refractivity contribution in [3.8, 4) is 0 Å². The van der Waals surface area contributed by atoms with E-state index in [0.717, 1.165) is 52.4 Å². The topological polar surface area (TPSA) is 22.2 Å². The van der Waals surface area contributed by atoms with Crippen LogP contribution in [0.4, 0.5) is 22.7 Å². The molecule has 0 heterocycles. The van der Waals surface area contributed by atoms with Crippen molar-refractivity contribution in [2.45, 2.75) is 158 Å². The van der Waals surface area contributed by atoms with Gasteiger partial charge in [-0.3, -0.25) is 0 Å². The van der Waals surface area contributed by atoms with E-state index >= 15 is 0 Å². The normalized spacial score (nSPS) is 11.5. The number of hydrogen-bond acceptors (Lipinski definition) is 5. The minimum Gasteiger partial charge on any atom is -0.446 e. The standard InChI is InChI=1S/C56H90N4OSi2/c1-9-17-37-57(38-18-10-2)49-29-25-33-53(45-49)62(54-34-26-30-50(46-54)58(39-19-11-3)40-20-12-4)61-63(55-35-27-31-51(47-55)59(41-21-13-5)42-22-14-6)56-36-28-32-52(48-56)60(43-23-15-7)44-24-16-8/h25-36,45-48,62-63H,9-24,37-44H2,1-8H3. The van der Waals surface area contributed by atoms with Gasteiger partial charge >= 0.3 is 0 Å². The Balaban J connectivity index is 1.96. The second-order valence-corrected chi connectivity index (χ2v) is 23.3. The van der Waals surface area contributed by atoms with E-state index < -0.39 is 18.1 Å². The van der Waals surface area contributed by atoms with Crippen molar-refractivity contribution in [3.63, 3.8) is 0 Å². The molecule has 4 rings (SSSR count). The maximum absolute atomic E-state index is 8.19. The summed E-state index contributed by atoms with van der Waals surface area (Å²) in [5.74, 6) is 0. The number of hydrogen-bond donors (Lipinski definition) is 0. The van der Waals surface area contributed by atoms with Gasteiger partial charge in [0.1, 0.15) is 0 Å². The van der Waals surface area contributed by atoms with Crippen molar-refractivity contribution in [3.05, 3.63) is 97.1 Å². The van der Waals surface area contributed by atoms with Crippen LogP contribution in [0.1, 0.15) is 158 Å². The van der Waals surface area contributed by atoms with Crippen LogP contribution >= 0.6 is 0 Å². The summed E-state index contributed by atoms with van der Waals surface area (Å²) in [6, 6.07) is 38.5. The summed E-state index contributed by atoms with van der Waals surface area (Å²) in [7, 11) is -4.54. The molecule has 4 aromatic carbocycles. The van der Waals surface area contributed by atoms with E-state index in [9.17, 15) is 0 Å². The van der Waals surface area contributed by atoms with Crippen LogP contribution in [0.3, 0.4) is 0 Å². The van der Waals surface area contributed by atoms with Gasteiger partial charge in [-0.05, 0) is 121 Å². The van der Waals surface area contributed by atoms with Crippen LogP contribution in [0.25, 0.3) is 0 Å². The molecule has 7 heteroatoms. The second-order valence-electron chi connectivity index (χ2n) is 18.1. The Morgan fingerprint density at radius 3 is 0.667 bits per heavy atom. The first-order chi connectivity index (χ1) is 30.9. The summed E-state index contributed by atoms with van der Waals surface area (Å²) in [4.78, 5) is 10.6. The van der Waals surface area contributed by atoms with Gasteiger partial charge in [0.05, 0.1) is 0 Å². The summed E-state index contributed by atoms with van der Waals surface area (Å²) in [6.07, 6.45) is 19.3. The predicted molar refractivity (Wildman–Crippen MR) is 288 cm³/mol. The summed E-state index contributed by atoms with van der Waals surface area (Å²) >= 11 is 0. The van der Waals surface area contributed by atoms with Crippen LogP contribution in [0, 0.1) is 0 Å². The average molecular weight is 892 g/mol. The molecule has 0 spiro atoms. The molecule has 63 heavy (non-hydrogen) atoms. The first-order valence-corrected chi connectivity index (χ1v) is 29.2. The molecule has 0 saturated heterocycles. The molecule has 0 fully saturated rings. The zero-order valence-corrected chi connectivity index (χ0v) is 43.9. The van der Waals surface area contributed by atoms with Gasteiger partial charge in [0.15, 0.2) is 0 Å². The monoisotopic (exact) mass is 891 g/mol. The Bertz CT molecular complexity index is 1510. The Hall–Kier alpha value is -3.53. The van der Waals surface area contributed by atoms with Crippen molar-refractivity contribution in [2.75, 3.05) is 72.0 Å². The molecule has 5 nitrogen and oxygen atoms in total. The number of rotatable bonds is 34. The van der Waals surface area contributed by atoms with Gasteiger partial charge in [-0.1, -0.05) is 155 Å². The van der Waals surface area contributed by atoms with Crippen LogP contribution in [-0.4, -0.2) is 70.4 Å². The minimum absolute atomic E-state index is 1.10. The summed E-state index contributed by atoms with van der Waals surface area (Å²) in [6.45, 7) is 27.3. The van der Waals surface area contributed by atoms with Crippen LogP contribution in [0.15, 0.2) is 97.1 Å². The molecular formula is C56H90N4OSi2. The van der Waals surface area contributed by atoms with E-state index in [0.29, 0.717) is 0 Å². The third-order valence-corrected chi connectivity index (χ3v) is 18.7. The van der Waals surface area contributed by atoms with Gasteiger partial charge in [0.2, 0.25) is 18.1 Å². The molecule has 0 aliphatic heterocycles. The molecule has 348 valence electrons. The zero-order chi connectivity index (χ0) is 45.1. The fourth-order valence-corrected chi connectivity index (χ4v) is 15.5. The largest absolute Gasteiger partial charge is 0.446 e. The smallest absolute Gasteiger partial charge is 0.228 e. The van der Waals surface area contributed by atoms with Crippen LogP contribution in [0.2, 0.25) is 0 Å². The maximum Gasteiger partial charge on any atom is 0.228 e. The molecule has 0 atom stereocenters. The van der Waals surface area contributed by atoms with Crippen LogP contribution < -0.4 is 40.3 Å². The highest BCUT2D eigenvalue weighted by molar-refractivity contribution is 6.92. The lowest BCUT2D eigenvalue weighted by molar-refractivity contribution is 0.632. The fraction of sp³-hybridized carbons (Fsp3) is 0.571. The molecule has 4 aromatic rings. The molecule has 0 unspecified atom stereocenters. The predicted octanol–water partition coefficient (Wildman–Crippen LogP) is 11.7. The molecule has 0 N–H and O–H groups in total. The lowest BCUT2D eigenvalue weighted by Gasteiger charge is -2.31. The van der Waals surface area contributed by atoms with E-state index in [4.69, 9.17) is 4.12 Å². The molecule has 0 saturated carbocycles. The van der Waals surface area contributed by atoms with E-state index in [-0.39, 0.29) is 0 Å². The third kappa shape index (κ3) is 17.1. The van der Waals surface area contributed by atoms with Crippen molar-refractivity contribution >= 4 is 61.6 Å². The van der Waals surface area contributed by atoms with E-state index in [1.807, 2.05) is 0 Å². The molecule has 0 bridgehead atoms. The second kappa shape index (κ2) is 30.6. The van der Waals surface area contributed by atoms with Gasteiger partial charge in [-0.15, -0.1) is 0 Å². The maximum atomic E-state index is 8.19. The number of nitrogens with zero attached hydrogens (tertiary/aromatic N) is 4. The van der Waals surface area contributed by atoms with Gasteiger partial charge in [-0.25, -0.2) is 0 Å². The third-order valence-electron chi connectivity index (χ3n) is 12.7. The van der Waals surface area contributed by atoms with Crippen molar-refractivity contribution in [1.82, 2.24) is 0 Å². The van der Waals surface area contributed by atoms with Crippen molar-refractivity contribution < 1.29 is 4.12 Å². The Kier molecular flexibility index (Phi) is 25.3. The first kappa shape index (κ1) is 52.1. The number of anilines is 4. The van der Waals surface area contributed by atoms with E-state index in [1.165, 1.54) is 146 Å². The highest BCUT2D eigenvalue weighted by Gasteiger charge is 2.29. The first-order valence-electron chi connectivity index (χ1n) is 26.0. The Labute approximate surface area is 391 Å².